The molecule has 1 N–H and O–H groups in total. The molecule has 1 aliphatic heterocycles. The van der Waals surface area contributed by atoms with Crippen molar-refractivity contribution in [2.24, 2.45) is 11.8 Å². The average Bonchev–Trinajstić information content (AvgIpc) is 3.32. The van der Waals surface area contributed by atoms with Crippen molar-refractivity contribution in [3.8, 4) is 0 Å². The average molecular weight is 395 g/mol. The molecule has 1 aromatic carbocycles. The van der Waals surface area contributed by atoms with E-state index in [0.717, 1.165) is 16.5 Å². The normalized spacial score (nSPS) is 26.1. The van der Waals surface area contributed by atoms with Crippen LogP contribution in [0.1, 0.15) is 31.4 Å². The predicted octanol–water partition coefficient (Wildman–Crippen LogP) is 2.51. The Balaban J connectivity index is 1.46. The molecular weight excluding hydrogens is 372 g/mol. The molecule has 1 aliphatic carbocycles. The Morgan fingerprint density at radius 2 is 2.04 bits per heavy atom. The summed E-state index contributed by atoms with van der Waals surface area (Å²) >= 11 is 3.42. The summed E-state index contributed by atoms with van der Waals surface area (Å²) in [5.74, 6) is 0.812. The molecule has 6 heteroatoms. The van der Waals surface area contributed by atoms with Gasteiger partial charge in [-0.15, -0.1) is 0 Å². The van der Waals surface area contributed by atoms with Crippen LogP contribution in [0.5, 0.6) is 0 Å². The number of halogens is 1. The minimum atomic E-state index is -0.0855. The van der Waals surface area contributed by atoms with E-state index < -0.39 is 0 Å². The van der Waals surface area contributed by atoms with E-state index in [1.54, 1.807) is 0 Å². The lowest BCUT2D eigenvalue weighted by atomic mass is 10.1. The molecular formula is C18H23BrN2O3. The lowest BCUT2D eigenvalue weighted by Gasteiger charge is -2.33. The zero-order chi connectivity index (χ0) is 17.1. The largest absolute Gasteiger partial charge is 0.370 e. The second kappa shape index (κ2) is 7.66. The first-order valence-corrected chi connectivity index (χ1v) is 9.26. The fraction of sp³-hybridized carbons (Fsp3) is 0.556. The van der Waals surface area contributed by atoms with Crippen LogP contribution in [0.4, 0.5) is 0 Å². The topological polar surface area (TPSA) is 58.6 Å². The molecule has 0 spiro atoms. The Bertz CT molecular complexity index is 605. The fourth-order valence-electron chi connectivity index (χ4n) is 3.02. The third-order valence-corrected chi connectivity index (χ3v) is 5.27. The number of benzene rings is 1. The molecule has 3 atom stereocenters. The van der Waals surface area contributed by atoms with Crippen molar-refractivity contribution in [1.82, 2.24) is 10.2 Å². The molecule has 24 heavy (non-hydrogen) atoms. The van der Waals surface area contributed by atoms with Crippen molar-refractivity contribution >= 4 is 27.7 Å². The fourth-order valence-corrected chi connectivity index (χ4v) is 3.29. The van der Waals surface area contributed by atoms with E-state index >= 15 is 0 Å². The van der Waals surface area contributed by atoms with Gasteiger partial charge in [0.15, 0.2) is 0 Å². The zero-order valence-corrected chi connectivity index (χ0v) is 15.4. The second-order valence-corrected chi connectivity index (χ2v) is 7.53. The molecule has 3 rings (SSSR count). The van der Waals surface area contributed by atoms with Gasteiger partial charge in [-0.3, -0.25) is 9.59 Å². The quantitative estimate of drug-likeness (QED) is 0.834. The molecule has 1 aromatic rings. The Labute approximate surface area is 150 Å². The van der Waals surface area contributed by atoms with Gasteiger partial charge in [0.1, 0.15) is 6.10 Å². The van der Waals surface area contributed by atoms with Crippen LogP contribution in [0, 0.1) is 11.8 Å². The van der Waals surface area contributed by atoms with Gasteiger partial charge in [-0.2, -0.15) is 0 Å². The van der Waals surface area contributed by atoms with Gasteiger partial charge in [-0.05, 0) is 30.0 Å². The number of hydrogen-bond acceptors (Lipinski definition) is 3. The highest BCUT2D eigenvalue weighted by molar-refractivity contribution is 9.10. The van der Waals surface area contributed by atoms with Gasteiger partial charge in [0.25, 0.3) is 0 Å². The van der Waals surface area contributed by atoms with E-state index in [4.69, 9.17) is 4.74 Å². The maximum Gasteiger partial charge on any atom is 0.224 e. The minimum absolute atomic E-state index is 0.0737. The summed E-state index contributed by atoms with van der Waals surface area (Å²) in [6.45, 7) is 4.21. The van der Waals surface area contributed by atoms with Gasteiger partial charge in [-0.25, -0.2) is 0 Å². The smallest absolute Gasteiger partial charge is 0.224 e. The maximum atomic E-state index is 12.4. The van der Waals surface area contributed by atoms with Crippen molar-refractivity contribution in [3.63, 3.8) is 0 Å². The lowest BCUT2D eigenvalue weighted by molar-refractivity contribution is -0.139. The van der Waals surface area contributed by atoms with Crippen LogP contribution >= 0.6 is 15.9 Å². The van der Waals surface area contributed by atoms with E-state index in [0.29, 0.717) is 38.6 Å². The van der Waals surface area contributed by atoms with Crippen LogP contribution in [0.15, 0.2) is 28.7 Å². The highest BCUT2D eigenvalue weighted by Gasteiger charge is 2.38. The number of carbonyl (C=O) groups is 2. The van der Waals surface area contributed by atoms with Crippen LogP contribution in [0.3, 0.4) is 0 Å². The Morgan fingerprint density at radius 1 is 1.33 bits per heavy atom. The van der Waals surface area contributed by atoms with Gasteiger partial charge < -0.3 is 15.0 Å². The van der Waals surface area contributed by atoms with Gasteiger partial charge >= 0.3 is 0 Å². The molecule has 1 saturated heterocycles. The number of morpholine rings is 1. The molecule has 0 radical (unpaired) electrons. The third-order valence-electron chi connectivity index (χ3n) is 4.75. The molecule has 1 heterocycles. The van der Waals surface area contributed by atoms with Crippen LogP contribution < -0.4 is 5.32 Å². The van der Waals surface area contributed by atoms with Crippen molar-refractivity contribution in [2.45, 2.75) is 25.9 Å². The van der Waals surface area contributed by atoms with E-state index in [1.165, 1.54) is 0 Å². The zero-order valence-electron chi connectivity index (χ0n) is 13.8. The Morgan fingerprint density at radius 3 is 2.71 bits per heavy atom. The SMILES string of the molecule is CC1CC1C(=O)NCCC(=O)N1CCOC(c2ccc(Br)cc2)C1. The summed E-state index contributed by atoms with van der Waals surface area (Å²) in [6, 6.07) is 7.99. The van der Waals surface area contributed by atoms with Gasteiger partial charge in [0, 0.05) is 29.9 Å². The highest BCUT2D eigenvalue weighted by Crippen LogP contribution is 2.37. The van der Waals surface area contributed by atoms with E-state index in [-0.39, 0.29) is 23.8 Å². The molecule has 0 bridgehead atoms. The highest BCUT2D eigenvalue weighted by atomic mass is 79.9. The van der Waals surface area contributed by atoms with Crippen LogP contribution in [0.25, 0.3) is 0 Å². The van der Waals surface area contributed by atoms with Crippen molar-refractivity contribution in [3.05, 3.63) is 34.3 Å². The van der Waals surface area contributed by atoms with Gasteiger partial charge in [-0.1, -0.05) is 35.0 Å². The second-order valence-electron chi connectivity index (χ2n) is 6.61. The molecule has 130 valence electrons. The molecule has 3 unspecified atom stereocenters. The molecule has 1 saturated carbocycles. The van der Waals surface area contributed by atoms with Crippen LogP contribution in [0.2, 0.25) is 0 Å². The van der Waals surface area contributed by atoms with Crippen molar-refractivity contribution < 1.29 is 14.3 Å². The number of nitrogens with one attached hydrogen (secondary N) is 1. The summed E-state index contributed by atoms with van der Waals surface area (Å²) in [7, 11) is 0. The first-order chi connectivity index (χ1) is 11.5. The van der Waals surface area contributed by atoms with Crippen LogP contribution in [-0.2, 0) is 14.3 Å². The molecule has 0 aromatic heterocycles. The molecule has 2 amide bonds. The first-order valence-electron chi connectivity index (χ1n) is 8.47. The summed E-state index contributed by atoms with van der Waals surface area (Å²) in [5.41, 5.74) is 1.08. The van der Waals surface area contributed by atoms with Crippen molar-refractivity contribution in [1.29, 1.82) is 0 Å². The predicted molar refractivity (Wildman–Crippen MR) is 94.3 cm³/mol. The monoisotopic (exact) mass is 394 g/mol. The number of hydrogen-bond donors (Lipinski definition) is 1. The lowest BCUT2D eigenvalue weighted by Crippen LogP contribution is -2.43. The summed E-state index contributed by atoms with van der Waals surface area (Å²) in [5, 5.41) is 2.87. The molecule has 2 fully saturated rings. The Kier molecular flexibility index (Phi) is 5.56. The number of amides is 2. The summed E-state index contributed by atoms with van der Waals surface area (Å²) in [6.07, 6.45) is 1.23. The van der Waals surface area contributed by atoms with Gasteiger partial charge in [0.2, 0.25) is 11.8 Å². The van der Waals surface area contributed by atoms with E-state index in [9.17, 15) is 9.59 Å². The van der Waals surface area contributed by atoms with Crippen LogP contribution in [-0.4, -0.2) is 43.0 Å². The van der Waals surface area contributed by atoms with E-state index in [1.807, 2.05) is 29.2 Å². The third kappa shape index (κ3) is 4.36. The summed E-state index contributed by atoms with van der Waals surface area (Å²) in [4.78, 5) is 26.0. The maximum absolute atomic E-state index is 12.4. The number of ether oxygens (including phenoxy) is 1. The van der Waals surface area contributed by atoms with Crippen molar-refractivity contribution in [2.75, 3.05) is 26.2 Å². The Hall–Kier alpha value is -1.40. The van der Waals surface area contributed by atoms with Gasteiger partial charge in [0.05, 0.1) is 13.2 Å². The number of rotatable bonds is 5. The standard InChI is InChI=1S/C18H23BrN2O3/c1-12-10-15(12)18(23)20-7-6-17(22)21-8-9-24-16(11-21)13-2-4-14(19)5-3-13/h2-5,12,15-16H,6-11H2,1H3,(H,20,23). The number of nitrogens with zero attached hydrogens (tertiary/aromatic N) is 1. The molecule has 5 nitrogen and oxygen atoms in total. The minimum Gasteiger partial charge on any atom is -0.370 e. The number of carbonyl (C=O) groups excluding carboxylic acids is 2. The molecule has 2 aliphatic rings. The summed E-state index contributed by atoms with van der Waals surface area (Å²) < 4.78 is 6.82. The first kappa shape index (κ1) is 17.4. The van der Waals surface area contributed by atoms with E-state index in [2.05, 4.69) is 28.2 Å².